The van der Waals surface area contributed by atoms with Crippen LogP contribution in [-0.2, 0) is 4.74 Å². The number of hydrogen-bond donors (Lipinski definition) is 2. The van der Waals surface area contributed by atoms with Gasteiger partial charge in [0, 0.05) is 23.9 Å². The minimum absolute atomic E-state index is 0.112. The van der Waals surface area contributed by atoms with Crippen molar-refractivity contribution in [2.75, 3.05) is 13.2 Å². The SMILES string of the molecule is CC(N)c1nc(C(=O)NC(C)C2CCOC2)cs1. The molecule has 3 atom stereocenters. The van der Waals surface area contributed by atoms with Gasteiger partial charge in [-0.05, 0) is 20.3 Å². The molecule has 2 heterocycles. The fourth-order valence-corrected chi connectivity index (χ4v) is 2.70. The molecule has 1 fully saturated rings. The smallest absolute Gasteiger partial charge is 0.270 e. The van der Waals surface area contributed by atoms with E-state index in [2.05, 4.69) is 10.3 Å². The molecule has 3 N–H and O–H groups in total. The van der Waals surface area contributed by atoms with Crippen LogP contribution in [0.15, 0.2) is 5.38 Å². The number of carbonyl (C=O) groups excluding carboxylic acids is 1. The van der Waals surface area contributed by atoms with Crippen LogP contribution in [0.2, 0.25) is 0 Å². The van der Waals surface area contributed by atoms with Crippen molar-refractivity contribution in [1.82, 2.24) is 10.3 Å². The average Bonchev–Trinajstić information content (AvgIpc) is 3.00. The fourth-order valence-electron chi connectivity index (χ4n) is 1.95. The number of ether oxygens (including phenoxy) is 1. The predicted molar refractivity (Wildman–Crippen MR) is 70.6 cm³/mol. The molecule has 5 nitrogen and oxygen atoms in total. The molecule has 3 unspecified atom stereocenters. The second-order valence-electron chi connectivity index (χ2n) is 4.75. The maximum absolute atomic E-state index is 12.0. The van der Waals surface area contributed by atoms with Crippen LogP contribution in [0.5, 0.6) is 0 Å². The van der Waals surface area contributed by atoms with Crippen molar-refractivity contribution in [2.24, 2.45) is 11.7 Å². The summed E-state index contributed by atoms with van der Waals surface area (Å²) in [7, 11) is 0. The molecule has 0 aromatic carbocycles. The third-order valence-electron chi connectivity index (χ3n) is 3.17. The quantitative estimate of drug-likeness (QED) is 0.864. The van der Waals surface area contributed by atoms with Crippen molar-refractivity contribution in [3.05, 3.63) is 16.1 Å². The molecule has 0 bridgehead atoms. The average molecular weight is 269 g/mol. The lowest BCUT2D eigenvalue weighted by Gasteiger charge is -2.18. The zero-order valence-corrected chi connectivity index (χ0v) is 11.5. The molecule has 2 rings (SSSR count). The van der Waals surface area contributed by atoms with Gasteiger partial charge in [-0.1, -0.05) is 0 Å². The first-order valence-corrected chi connectivity index (χ1v) is 7.05. The standard InChI is InChI=1S/C12H19N3O2S/c1-7(13)12-15-10(6-18-12)11(16)14-8(2)9-3-4-17-5-9/h6-9H,3-5,13H2,1-2H3,(H,14,16). The number of carbonyl (C=O) groups is 1. The van der Waals surface area contributed by atoms with E-state index in [1.807, 2.05) is 13.8 Å². The van der Waals surface area contributed by atoms with Crippen LogP contribution in [0.25, 0.3) is 0 Å². The van der Waals surface area contributed by atoms with Crippen LogP contribution < -0.4 is 11.1 Å². The lowest BCUT2D eigenvalue weighted by Crippen LogP contribution is -2.38. The third-order valence-corrected chi connectivity index (χ3v) is 4.22. The van der Waals surface area contributed by atoms with E-state index < -0.39 is 0 Å². The van der Waals surface area contributed by atoms with E-state index in [9.17, 15) is 4.79 Å². The number of hydrogen-bond acceptors (Lipinski definition) is 5. The van der Waals surface area contributed by atoms with Gasteiger partial charge in [-0.25, -0.2) is 4.98 Å². The molecule has 0 saturated carbocycles. The molecule has 1 aliphatic heterocycles. The molecule has 0 aliphatic carbocycles. The number of nitrogens with two attached hydrogens (primary N) is 1. The summed E-state index contributed by atoms with van der Waals surface area (Å²) in [5.74, 6) is 0.276. The Morgan fingerprint density at radius 3 is 3.00 bits per heavy atom. The van der Waals surface area contributed by atoms with E-state index in [4.69, 9.17) is 10.5 Å². The van der Waals surface area contributed by atoms with Gasteiger partial charge in [0.15, 0.2) is 0 Å². The zero-order valence-electron chi connectivity index (χ0n) is 10.7. The number of nitrogens with one attached hydrogen (secondary N) is 1. The van der Waals surface area contributed by atoms with Gasteiger partial charge in [-0.3, -0.25) is 4.79 Å². The molecule has 1 aromatic rings. The van der Waals surface area contributed by atoms with Crippen LogP contribution in [0.3, 0.4) is 0 Å². The van der Waals surface area contributed by atoms with Crippen molar-refractivity contribution in [3.8, 4) is 0 Å². The molecule has 0 spiro atoms. The predicted octanol–water partition coefficient (Wildman–Crippen LogP) is 1.32. The number of amides is 1. The number of nitrogens with zero attached hydrogens (tertiary/aromatic N) is 1. The van der Waals surface area contributed by atoms with Crippen LogP contribution in [0.4, 0.5) is 0 Å². The minimum atomic E-state index is -0.128. The second kappa shape index (κ2) is 5.77. The first-order chi connectivity index (χ1) is 8.58. The summed E-state index contributed by atoms with van der Waals surface area (Å²) < 4.78 is 5.32. The Bertz CT molecular complexity index is 413. The minimum Gasteiger partial charge on any atom is -0.381 e. The van der Waals surface area contributed by atoms with E-state index in [-0.39, 0.29) is 18.0 Å². The van der Waals surface area contributed by atoms with Crippen LogP contribution >= 0.6 is 11.3 Å². The highest BCUT2D eigenvalue weighted by atomic mass is 32.1. The first kappa shape index (κ1) is 13.5. The first-order valence-electron chi connectivity index (χ1n) is 6.17. The molecule has 1 aromatic heterocycles. The van der Waals surface area contributed by atoms with Crippen molar-refractivity contribution >= 4 is 17.2 Å². The molecular formula is C12H19N3O2S. The molecule has 0 radical (unpaired) electrons. The van der Waals surface area contributed by atoms with E-state index in [0.29, 0.717) is 11.6 Å². The molecular weight excluding hydrogens is 250 g/mol. The summed E-state index contributed by atoms with van der Waals surface area (Å²) in [5, 5.41) is 5.52. The highest BCUT2D eigenvalue weighted by Crippen LogP contribution is 2.18. The molecule has 6 heteroatoms. The Hall–Kier alpha value is -0.980. The number of aromatic nitrogens is 1. The van der Waals surface area contributed by atoms with Gasteiger partial charge in [-0.15, -0.1) is 11.3 Å². The van der Waals surface area contributed by atoms with Gasteiger partial charge in [0.05, 0.1) is 12.6 Å². The maximum atomic E-state index is 12.0. The Kier molecular flexibility index (Phi) is 4.31. The Morgan fingerprint density at radius 2 is 2.44 bits per heavy atom. The van der Waals surface area contributed by atoms with E-state index in [0.717, 1.165) is 24.6 Å². The fraction of sp³-hybridized carbons (Fsp3) is 0.667. The van der Waals surface area contributed by atoms with Crippen LogP contribution in [0.1, 0.15) is 41.8 Å². The van der Waals surface area contributed by atoms with E-state index in [1.54, 1.807) is 5.38 Å². The lowest BCUT2D eigenvalue weighted by atomic mass is 10.0. The van der Waals surface area contributed by atoms with E-state index >= 15 is 0 Å². The van der Waals surface area contributed by atoms with Gasteiger partial charge in [0.1, 0.15) is 10.7 Å². The largest absolute Gasteiger partial charge is 0.381 e. The van der Waals surface area contributed by atoms with Gasteiger partial charge in [-0.2, -0.15) is 0 Å². The molecule has 18 heavy (non-hydrogen) atoms. The summed E-state index contributed by atoms with van der Waals surface area (Å²) in [6, 6.07) is -0.0161. The number of thiazole rings is 1. The second-order valence-corrected chi connectivity index (χ2v) is 5.64. The summed E-state index contributed by atoms with van der Waals surface area (Å²) >= 11 is 1.42. The topological polar surface area (TPSA) is 77.2 Å². The summed E-state index contributed by atoms with van der Waals surface area (Å²) in [4.78, 5) is 16.2. The van der Waals surface area contributed by atoms with Gasteiger partial charge >= 0.3 is 0 Å². The highest BCUT2D eigenvalue weighted by molar-refractivity contribution is 7.09. The Morgan fingerprint density at radius 1 is 1.67 bits per heavy atom. The lowest BCUT2D eigenvalue weighted by molar-refractivity contribution is 0.0917. The normalized spacial score (nSPS) is 22.7. The van der Waals surface area contributed by atoms with Crippen LogP contribution in [-0.4, -0.2) is 30.1 Å². The number of rotatable bonds is 4. The van der Waals surface area contributed by atoms with Crippen LogP contribution in [0, 0.1) is 5.92 Å². The summed E-state index contributed by atoms with van der Waals surface area (Å²) in [5.41, 5.74) is 6.18. The molecule has 1 aliphatic rings. The van der Waals surface area contributed by atoms with Crippen molar-refractivity contribution in [3.63, 3.8) is 0 Å². The van der Waals surface area contributed by atoms with E-state index in [1.165, 1.54) is 11.3 Å². The summed E-state index contributed by atoms with van der Waals surface area (Å²) in [6.07, 6.45) is 1.00. The van der Waals surface area contributed by atoms with Crippen molar-refractivity contribution in [2.45, 2.75) is 32.4 Å². The van der Waals surface area contributed by atoms with Gasteiger partial charge < -0.3 is 15.8 Å². The van der Waals surface area contributed by atoms with Gasteiger partial charge in [0.25, 0.3) is 5.91 Å². The van der Waals surface area contributed by atoms with Crippen molar-refractivity contribution in [1.29, 1.82) is 0 Å². The molecule has 100 valence electrons. The maximum Gasteiger partial charge on any atom is 0.270 e. The Labute approximate surface area is 111 Å². The highest BCUT2D eigenvalue weighted by Gasteiger charge is 2.24. The molecule has 1 saturated heterocycles. The zero-order chi connectivity index (χ0) is 13.1. The van der Waals surface area contributed by atoms with Gasteiger partial charge in [0.2, 0.25) is 0 Å². The third kappa shape index (κ3) is 3.07. The van der Waals surface area contributed by atoms with Crippen molar-refractivity contribution < 1.29 is 9.53 Å². The Balaban J connectivity index is 1.93. The molecule has 1 amide bonds. The monoisotopic (exact) mass is 269 g/mol. The summed E-state index contributed by atoms with van der Waals surface area (Å²) in [6.45, 7) is 5.38.